The summed E-state index contributed by atoms with van der Waals surface area (Å²) in [4.78, 5) is 0. The van der Waals surface area contributed by atoms with Crippen molar-refractivity contribution in [3.05, 3.63) is 0 Å². The molecule has 1 heterocycles. The van der Waals surface area contributed by atoms with Gasteiger partial charge in [-0.2, -0.15) is 0 Å². The molecule has 2 N–H and O–H groups in total. The molecule has 0 saturated carbocycles. The molecule has 0 bridgehead atoms. The first-order valence-electron chi connectivity index (χ1n) is 5.31. The first-order valence-corrected chi connectivity index (χ1v) is 5.31. The highest BCUT2D eigenvalue weighted by molar-refractivity contribution is 4.89. The molecule has 1 aliphatic heterocycles. The van der Waals surface area contributed by atoms with Crippen LogP contribution in [-0.4, -0.2) is 38.4 Å². The average Bonchev–Trinajstić information content (AvgIpc) is 2.61. The first kappa shape index (κ1) is 11.0. The third kappa shape index (κ3) is 2.93. The van der Waals surface area contributed by atoms with Crippen LogP contribution in [0.4, 0.5) is 0 Å². The summed E-state index contributed by atoms with van der Waals surface area (Å²) in [6, 6.07) is 1.14. The zero-order valence-electron chi connectivity index (χ0n) is 8.97. The first-order chi connectivity index (χ1) is 6.31. The summed E-state index contributed by atoms with van der Waals surface area (Å²) in [6.07, 6.45) is 2.74. The fourth-order valence-corrected chi connectivity index (χ4v) is 1.90. The van der Waals surface area contributed by atoms with Crippen LogP contribution in [0, 0.1) is 0 Å². The molecule has 0 radical (unpaired) electrons. The van der Waals surface area contributed by atoms with Crippen LogP contribution >= 0.6 is 0 Å². The highest BCUT2D eigenvalue weighted by Crippen LogP contribution is 2.07. The fourth-order valence-electron chi connectivity index (χ4n) is 1.90. The van der Waals surface area contributed by atoms with Gasteiger partial charge in [-0.15, -0.1) is 0 Å². The Hall–Kier alpha value is -0.120. The molecular weight excluding hydrogens is 164 g/mol. The minimum Gasteiger partial charge on any atom is -0.378 e. The van der Waals surface area contributed by atoms with Crippen LogP contribution in [0.5, 0.6) is 0 Å². The van der Waals surface area contributed by atoms with E-state index in [4.69, 9.17) is 4.74 Å². The molecule has 0 aromatic carbocycles. The maximum absolute atomic E-state index is 5.39. The van der Waals surface area contributed by atoms with Gasteiger partial charge < -0.3 is 15.4 Å². The second kappa shape index (κ2) is 5.58. The second-order valence-electron chi connectivity index (χ2n) is 3.72. The zero-order valence-corrected chi connectivity index (χ0v) is 8.97. The maximum Gasteiger partial charge on any atom is 0.0860 e. The smallest absolute Gasteiger partial charge is 0.0860 e. The molecule has 1 aliphatic rings. The van der Waals surface area contributed by atoms with Crippen LogP contribution in [0.1, 0.15) is 26.7 Å². The lowest BCUT2D eigenvalue weighted by atomic mass is 10.1. The van der Waals surface area contributed by atoms with Crippen molar-refractivity contribution < 1.29 is 4.74 Å². The molecule has 2 atom stereocenters. The molecule has 13 heavy (non-hydrogen) atoms. The Balaban J connectivity index is 2.33. The Morgan fingerprint density at radius 2 is 2.08 bits per heavy atom. The van der Waals surface area contributed by atoms with Gasteiger partial charge in [0.05, 0.1) is 6.10 Å². The van der Waals surface area contributed by atoms with Crippen LogP contribution in [-0.2, 0) is 4.74 Å². The molecule has 0 amide bonds. The van der Waals surface area contributed by atoms with Gasteiger partial charge in [-0.25, -0.2) is 0 Å². The number of hydrogen-bond donors (Lipinski definition) is 2. The van der Waals surface area contributed by atoms with Crippen LogP contribution in [0.15, 0.2) is 0 Å². The lowest BCUT2D eigenvalue weighted by Crippen LogP contribution is -2.45. The van der Waals surface area contributed by atoms with Crippen molar-refractivity contribution in [2.24, 2.45) is 0 Å². The monoisotopic (exact) mass is 186 g/mol. The van der Waals surface area contributed by atoms with Crippen LogP contribution in [0.2, 0.25) is 0 Å². The fraction of sp³-hybridized carbons (Fsp3) is 1.00. The highest BCUT2D eigenvalue weighted by Gasteiger charge is 2.27. The molecule has 0 aromatic heterocycles. The topological polar surface area (TPSA) is 33.3 Å². The Labute approximate surface area is 81.2 Å². The van der Waals surface area contributed by atoms with Crippen molar-refractivity contribution in [3.8, 4) is 0 Å². The Morgan fingerprint density at radius 3 is 2.62 bits per heavy atom. The Kier molecular flexibility index (Phi) is 4.70. The van der Waals surface area contributed by atoms with Crippen LogP contribution < -0.4 is 10.6 Å². The molecule has 1 rings (SSSR count). The van der Waals surface area contributed by atoms with E-state index in [1.54, 1.807) is 7.11 Å². The average molecular weight is 186 g/mol. The summed E-state index contributed by atoms with van der Waals surface area (Å²) in [5, 5.41) is 6.97. The number of nitrogens with one attached hydrogen (secondary N) is 2. The van der Waals surface area contributed by atoms with Crippen molar-refractivity contribution in [2.75, 3.05) is 20.2 Å². The lowest BCUT2D eigenvalue weighted by molar-refractivity contribution is 0.0919. The molecular formula is C10H22N2O. The minimum atomic E-state index is 0.348. The highest BCUT2D eigenvalue weighted by atomic mass is 16.5. The van der Waals surface area contributed by atoms with E-state index in [-0.39, 0.29) is 0 Å². The van der Waals surface area contributed by atoms with Crippen molar-refractivity contribution in [3.63, 3.8) is 0 Å². The van der Waals surface area contributed by atoms with Crippen molar-refractivity contribution in [2.45, 2.75) is 44.9 Å². The van der Waals surface area contributed by atoms with Crippen molar-refractivity contribution in [1.82, 2.24) is 10.6 Å². The second-order valence-corrected chi connectivity index (χ2v) is 3.72. The van der Waals surface area contributed by atoms with Crippen molar-refractivity contribution >= 4 is 0 Å². The third-order valence-electron chi connectivity index (χ3n) is 2.90. The third-order valence-corrected chi connectivity index (χ3v) is 2.90. The largest absolute Gasteiger partial charge is 0.378 e. The number of ether oxygens (including phenoxy) is 1. The van der Waals surface area contributed by atoms with Crippen molar-refractivity contribution in [1.29, 1.82) is 0 Å². The normalized spacial score (nSPS) is 28.6. The molecule has 0 aliphatic carbocycles. The zero-order chi connectivity index (χ0) is 9.68. The molecule has 0 spiro atoms. The molecule has 1 fully saturated rings. The van der Waals surface area contributed by atoms with Gasteiger partial charge in [0.15, 0.2) is 0 Å². The summed E-state index contributed by atoms with van der Waals surface area (Å²) in [6.45, 7) is 6.47. The molecule has 3 heteroatoms. The van der Waals surface area contributed by atoms with E-state index >= 15 is 0 Å². The van der Waals surface area contributed by atoms with Gasteiger partial charge in [0.1, 0.15) is 0 Å². The molecule has 1 saturated heterocycles. The van der Waals surface area contributed by atoms with Crippen LogP contribution in [0.25, 0.3) is 0 Å². The standard InChI is InChI=1S/C10H22N2O/c1-4-8(5-2)12-9-6-11-7-10(9)13-3/h8-12H,4-7H2,1-3H3/t9?,10-/m0/s1. The Bertz CT molecular complexity index is 137. The summed E-state index contributed by atoms with van der Waals surface area (Å²) in [5.41, 5.74) is 0. The molecule has 78 valence electrons. The van der Waals surface area contributed by atoms with Gasteiger partial charge in [0.2, 0.25) is 0 Å². The van der Waals surface area contributed by atoms with Gasteiger partial charge in [0.25, 0.3) is 0 Å². The van der Waals surface area contributed by atoms with Gasteiger partial charge in [-0.1, -0.05) is 13.8 Å². The number of hydrogen-bond acceptors (Lipinski definition) is 3. The van der Waals surface area contributed by atoms with Gasteiger partial charge in [-0.05, 0) is 12.8 Å². The maximum atomic E-state index is 5.39. The predicted octanol–water partition coefficient (Wildman–Crippen LogP) is 0.751. The van der Waals surface area contributed by atoms with E-state index in [0.29, 0.717) is 18.2 Å². The summed E-state index contributed by atoms with van der Waals surface area (Å²) < 4.78 is 5.39. The molecule has 0 aromatic rings. The van der Waals surface area contributed by atoms with E-state index in [1.165, 1.54) is 12.8 Å². The summed E-state index contributed by atoms with van der Waals surface area (Å²) in [5.74, 6) is 0. The quantitative estimate of drug-likeness (QED) is 0.665. The van der Waals surface area contributed by atoms with E-state index in [9.17, 15) is 0 Å². The Morgan fingerprint density at radius 1 is 1.38 bits per heavy atom. The molecule has 3 nitrogen and oxygen atoms in total. The van der Waals surface area contributed by atoms with E-state index in [1.807, 2.05) is 0 Å². The SMILES string of the molecule is CCC(CC)NC1CNC[C@@H]1OC. The van der Waals surface area contributed by atoms with Gasteiger partial charge >= 0.3 is 0 Å². The number of rotatable bonds is 5. The van der Waals surface area contributed by atoms with E-state index in [0.717, 1.165) is 13.1 Å². The van der Waals surface area contributed by atoms with Gasteiger partial charge in [-0.3, -0.25) is 0 Å². The predicted molar refractivity (Wildman–Crippen MR) is 55.0 cm³/mol. The van der Waals surface area contributed by atoms with E-state index in [2.05, 4.69) is 24.5 Å². The lowest BCUT2D eigenvalue weighted by Gasteiger charge is -2.24. The number of methoxy groups -OCH3 is 1. The minimum absolute atomic E-state index is 0.348. The molecule has 1 unspecified atom stereocenters. The summed E-state index contributed by atoms with van der Waals surface area (Å²) >= 11 is 0. The van der Waals surface area contributed by atoms with E-state index < -0.39 is 0 Å². The van der Waals surface area contributed by atoms with Gasteiger partial charge in [0, 0.05) is 32.3 Å². The summed E-state index contributed by atoms with van der Waals surface area (Å²) in [7, 11) is 1.79. The van der Waals surface area contributed by atoms with Crippen LogP contribution in [0.3, 0.4) is 0 Å².